The molecule has 0 radical (unpaired) electrons. The Morgan fingerprint density at radius 2 is 1.91 bits per heavy atom. The number of halogens is 1. The molecule has 4 aliphatic rings. The standard InChI is InChI=1S/C32H34FN11O10S2/c1-44(15-2-3-16(44)7-14(6-15)35-27(49)12-4-17(33)25(48)19(45)5-12)9-13-10-55-30-23(29(51)43(30)24(13)26-38-41-42-39-26)37-28(50)22(18-11-56-32(34)36-18)40-54-20(31(52)53)8-21(46)47/h4-5,11,14-16,20,23,30H,2-3,6-10H2,1H3,(H8-,34,35,36,37,38,39,40,41,42,45,46,47,48,49,50,52,53)/p+1/t14?,15-,16+,20-,23+,30+,44?/m0/s1. The van der Waals surface area contributed by atoms with E-state index in [2.05, 4.69) is 48.4 Å². The van der Waals surface area contributed by atoms with E-state index >= 15 is 0 Å². The second-order valence-electron chi connectivity index (χ2n) is 13.9. The van der Waals surface area contributed by atoms with Crippen LogP contribution in [0.2, 0.25) is 0 Å². The number of quaternary nitrogens is 1. The number of carbonyl (C=O) groups is 5. The van der Waals surface area contributed by atoms with Crippen molar-refractivity contribution >= 4 is 69.3 Å². The van der Waals surface area contributed by atoms with Crippen LogP contribution < -0.4 is 16.4 Å². The van der Waals surface area contributed by atoms with Gasteiger partial charge in [-0.25, -0.2) is 14.2 Å². The second kappa shape index (κ2) is 15.0. The molecule has 4 aliphatic heterocycles. The molecule has 2 unspecified atom stereocenters. The number of rotatable bonds is 13. The highest BCUT2D eigenvalue weighted by Gasteiger charge is 2.57. The molecule has 2 aromatic heterocycles. The molecule has 3 aromatic rings. The number of β-lactam (4-membered cyclic amide) rings is 1. The molecule has 9 N–H and O–H groups in total. The number of thioether (sulfide) groups is 1. The number of carboxylic acid groups (broad SMARTS) is 2. The van der Waals surface area contributed by atoms with Crippen LogP contribution in [0.4, 0.5) is 9.52 Å². The maximum absolute atomic E-state index is 14.0. The van der Waals surface area contributed by atoms with E-state index in [-0.39, 0.29) is 40.3 Å². The van der Waals surface area contributed by atoms with Gasteiger partial charge in [-0.2, -0.15) is 5.21 Å². The third-order valence-electron chi connectivity index (χ3n) is 10.6. The quantitative estimate of drug-likeness (QED) is 0.0365. The summed E-state index contributed by atoms with van der Waals surface area (Å²) in [5, 5.41) is 62.3. The predicted molar refractivity (Wildman–Crippen MR) is 192 cm³/mol. The molecular formula is C32H35FN11O10S2+. The van der Waals surface area contributed by atoms with Gasteiger partial charge in [-0.05, 0) is 17.3 Å². The average Bonchev–Trinajstić information content (AvgIpc) is 3.86. The Bertz CT molecular complexity index is 2130. The van der Waals surface area contributed by atoms with E-state index in [1.807, 2.05) is 0 Å². The summed E-state index contributed by atoms with van der Waals surface area (Å²) in [6, 6.07) is 0.804. The van der Waals surface area contributed by atoms with E-state index < -0.39 is 76.6 Å². The maximum atomic E-state index is 14.0. The molecule has 56 heavy (non-hydrogen) atoms. The summed E-state index contributed by atoms with van der Waals surface area (Å²) >= 11 is 2.36. The van der Waals surface area contributed by atoms with E-state index in [1.165, 1.54) is 22.0 Å². The fourth-order valence-corrected chi connectivity index (χ4v) is 9.73. The Hall–Kier alpha value is -5.88. The number of anilines is 1. The number of hydrogen-bond donors (Lipinski definition) is 8. The number of thiazole rings is 1. The van der Waals surface area contributed by atoms with Gasteiger partial charge in [0.05, 0.1) is 31.2 Å². The van der Waals surface area contributed by atoms with Crippen LogP contribution in [0.5, 0.6) is 11.5 Å². The number of hydrogen-bond acceptors (Lipinski definition) is 16. The summed E-state index contributed by atoms with van der Waals surface area (Å²) < 4.78 is 14.6. The molecule has 6 heterocycles. The summed E-state index contributed by atoms with van der Waals surface area (Å²) in [6.07, 6.45) is 0.122. The van der Waals surface area contributed by atoms with Gasteiger partial charge in [0.1, 0.15) is 23.7 Å². The van der Waals surface area contributed by atoms with Crippen LogP contribution in [0.3, 0.4) is 0 Å². The average molecular weight is 817 g/mol. The van der Waals surface area contributed by atoms with Crippen molar-refractivity contribution in [2.45, 2.75) is 67.7 Å². The van der Waals surface area contributed by atoms with Crippen molar-refractivity contribution in [3.05, 3.63) is 46.0 Å². The van der Waals surface area contributed by atoms with Crippen molar-refractivity contribution in [3.8, 4) is 11.5 Å². The fourth-order valence-electron chi connectivity index (χ4n) is 7.85. The number of phenolic OH excluding ortho intramolecular Hbond substituents is 2. The van der Waals surface area contributed by atoms with E-state index in [1.54, 1.807) is 0 Å². The van der Waals surface area contributed by atoms with Crippen LogP contribution in [0.25, 0.3) is 5.70 Å². The molecule has 7 atom stereocenters. The Kier molecular flexibility index (Phi) is 10.3. The molecule has 21 nitrogen and oxygen atoms in total. The fraction of sp³-hybridized carbons (Fsp3) is 0.438. The zero-order valence-electron chi connectivity index (χ0n) is 29.3. The highest BCUT2D eigenvalue weighted by atomic mass is 32.2. The van der Waals surface area contributed by atoms with Crippen LogP contribution in [0.1, 0.15) is 54.0 Å². The number of aromatic nitrogens is 5. The molecule has 2 bridgehead atoms. The number of aromatic amines is 1. The van der Waals surface area contributed by atoms with Crippen LogP contribution in [0.15, 0.2) is 28.2 Å². The van der Waals surface area contributed by atoms with Crippen molar-refractivity contribution in [3.63, 3.8) is 0 Å². The van der Waals surface area contributed by atoms with Gasteiger partial charge in [-0.15, -0.1) is 33.3 Å². The summed E-state index contributed by atoms with van der Waals surface area (Å²) in [5.74, 6) is -7.26. The lowest BCUT2D eigenvalue weighted by Gasteiger charge is -2.52. The number of H-pyrrole nitrogens is 1. The number of likely N-dealkylation sites (N-methyl/N-ethyl adjacent to an activating group) is 1. The third-order valence-corrected chi connectivity index (χ3v) is 12.6. The van der Waals surface area contributed by atoms with Gasteiger partial charge >= 0.3 is 11.9 Å². The van der Waals surface area contributed by atoms with E-state index in [0.29, 0.717) is 35.3 Å². The minimum absolute atomic E-state index is 0.0580. The minimum Gasteiger partial charge on any atom is -0.504 e. The molecule has 24 heteroatoms. The number of nitrogens with one attached hydrogen (secondary N) is 3. The SMILES string of the molecule is C[N+]1(CC2=C(c3nn[nH]n3)N3C(=O)[C@@H](NC(=O)/C(=N\O[C@@H](CC(=O)O)C(=O)O)c4csc(N)n4)[C@H]3SC2)[C@@H]2CC[C@H]1CC(NC(=O)c1cc(O)c(O)c(F)c1)C2. The van der Waals surface area contributed by atoms with Crippen LogP contribution in [-0.2, 0) is 24.0 Å². The smallest absolute Gasteiger partial charge is 0.348 e. The maximum Gasteiger partial charge on any atom is 0.348 e. The number of aliphatic carboxylic acids is 2. The Morgan fingerprint density at radius 1 is 1.18 bits per heavy atom. The van der Waals surface area contributed by atoms with Gasteiger partial charge in [-0.1, -0.05) is 5.16 Å². The second-order valence-corrected chi connectivity index (χ2v) is 15.9. The lowest BCUT2D eigenvalue weighted by Crippen LogP contribution is -2.70. The molecule has 3 amide bonds. The summed E-state index contributed by atoms with van der Waals surface area (Å²) in [7, 11) is 2.13. The molecule has 0 aliphatic carbocycles. The van der Waals surface area contributed by atoms with Crippen LogP contribution >= 0.6 is 23.1 Å². The van der Waals surface area contributed by atoms with Gasteiger partial charge < -0.3 is 46.1 Å². The first-order chi connectivity index (χ1) is 26.6. The Balaban J connectivity index is 1.08. The highest BCUT2D eigenvalue weighted by Crippen LogP contribution is 2.47. The number of tetrazole rings is 1. The molecule has 296 valence electrons. The number of piperidine rings is 1. The summed E-state index contributed by atoms with van der Waals surface area (Å²) in [5.41, 5.74) is 6.35. The molecule has 0 spiro atoms. The first-order valence-electron chi connectivity index (χ1n) is 17.1. The van der Waals surface area contributed by atoms with E-state index in [9.17, 15) is 43.7 Å². The molecule has 1 aromatic carbocycles. The Morgan fingerprint density at radius 3 is 2.52 bits per heavy atom. The monoisotopic (exact) mass is 816 g/mol. The number of nitrogen functional groups attached to an aromatic ring is 1. The summed E-state index contributed by atoms with van der Waals surface area (Å²) in [6.45, 7) is 0.512. The van der Waals surface area contributed by atoms with Crippen molar-refractivity contribution in [2.75, 3.05) is 25.1 Å². The van der Waals surface area contributed by atoms with Crippen LogP contribution in [0, 0.1) is 5.82 Å². The first kappa shape index (κ1) is 38.4. The molecule has 3 fully saturated rings. The predicted octanol–water partition coefficient (Wildman–Crippen LogP) is -0.181. The zero-order valence-corrected chi connectivity index (χ0v) is 30.9. The lowest BCUT2D eigenvalue weighted by atomic mass is 9.92. The number of carboxylic acids is 2. The summed E-state index contributed by atoms with van der Waals surface area (Å²) in [4.78, 5) is 73.7. The van der Waals surface area contributed by atoms with Gasteiger partial charge in [0.15, 0.2) is 28.2 Å². The topological polar surface area (TPSA) is 309 Å². The molecule has 3 saturated heterocycles. The highest BCUT2D eigenvalue weighted by molar-refractivity contribution is 8.00. The van der Waals surface area contributed by atoms with E-state index in [0.717, 1.165) is 41.9 Å². The van der Waals surface area contributed by atoms with Gasteiger partial charge in [0.25, 0.3) is 17.7 Å². The lowest BCUT2D eigenvalue weighted by molar-refractivity contribution is -0.944. The van der Waals surface area contributed by atoms with Gasteiger partial charge in [-0.3, -0.25) is 24.1 Å². The van der Waals surface area contributed by atoms with Crippen molar-refractivity contribution in [1.29, 1.82) is 0 Å². The van der Waals surface area contributed by atoms with Crippen LogP contribution in [-0.4, -0.2) is 146 Å². The molecular weight excluding hydrogens is 782 g/mol. The largest absolute Gasteiger partial charge is 0.504 e. The number of nitrogens with two attached hydrogens (primary N) is 1. The number of fused-ring (bicyclic) bond motifs is 3. The third kappa shape index (κ3) is 7.16. The minimum atomic E-state index is -1.92. The van der Waals surface area contributed by atoms with Gasteiger partial charge in [0, 0.05) is 54.0 Å². The molecule has 7 rings (SSSR count). The Labute approximate surface area is 323 Å². The first-order valence-corrected chi connectivity index (χ1v) is 19.1. The van der Waals surface area contributed by atoms with Crippen molar-refractivity contribution in [2.24, 2.45) is 5.16 Å². The number of phenols is 2. The number of aromatic hydroxyl groups is 2. The number of benzene rings is 1. The van der Waals surface area contributed by atoms with Crippen molar-refractivity contribution in [1.82, 2.24) is 41.1 Å². The van der Waals surface area contributed by atoms with Gasteiger partial charge in [0.2, 0.25) is 11.9 Å². The van der Waals surface area contributed by atoms with Crippen molar-refractivity contribution < 1.29 is 58.1 Å². The number of amides is 3. The zero-order chi connectivity index (χ0) is 40.1. The molecule has 0 saturated carbocycles. The number of nitrogens with zero attached hydrogens (tertiary/aromatic N) is 7. The number of carbonyl (C=O) groups excluding carboxylic acids is 3. The number of oxime groups is 1. The normalized spacial score (nSPS) is 26.2. The van der Waals surface area contributed by atoms with E-state index in [4.69, 9.17) is 15.7 Å².